The second kappa shape index (κ2) is 12.3. The topological polar surface area (TPSA) is 107 Å². The maximum absolute atomic E-state index is 14.0. The van der Waals surface area contributed by atoms with Crippen LogP contribution in [0, 0.1) is 19.8 Å². The van der Waals surface area contributed by atoms with Crippen LogP contribution in [0.25, 0.3) is 0 Å². The van der Waals surface area contributed by atoms with Crippen LogP contribution in [0.15, 0.2) is 66.1 Å². The predicted octanol–water partition coefficient (Wildman–Crippen LogP) is 4.70. The van der Waals surface area contributed by atoms with Gasteiger partial charge in [-0.15, -0.1) is 0 Å². The first-order chi connectivity index (χ1) is 19.0. The molecule has 1 aliphatic carbocycles. The van der Waals surface area contributed by atoms with Crippen molar-refractivity contribution in [1.82, 2.24) is 19.9 Å². The minimum Gasteiger partial charge on any atom is -0.454 e. The van der Waals surface area contributed by atoms with E-state index in [9.17, 15) is 9.59 Å². The van der Waals surface area contributed by atoms with Crippen molar-refractivity contribution in [3.63, 3.8) is 0 Å². The van der Waals surface area contributed by atoms with E-state index < -0.39 is 6.04 Å². The van der Waals surface area contributed by atoms with Gasteiger partial charge in [0.25, 0.3) is 0 Å². The number of aromatic nitrogens is 3. The lowest BCUT2D eigenvalue weighted by Gasteiger charge is -2.37. The summed E-state index contributed by atoms with van der Waals surface area (Å²) in [6.45, 7) is 4.23. The number of hydrogen-bond donors (Lipinski definition) is 1. The number of pyridine rings is 1. The van der Waals surface area contributed by atoms with Gasteiger partial charge in [0.15, 0.2) is 16.7 Å². The Labute approximate surface area is 232 Å². The summed E-state index contributed by atoms with van der Waals surface area (Å²) in [6, 6.07) is 10.3. The first kappa shape index (κ1) is 26.7. The third-order valence-corrected chi connectivity index (χ3v) is 7.52. The van der Waals surface area contributed by atoms with Gasteiger partial charge in [0, 0.05) is 42.1 Å². The normalized spacial score (nSPS) is 16.5. The highest BCUT2D eigenvalue weighted by atomic mass is 32.2. The zero-order valence-corrected chi connectivity index (χ0v) is 22.8. The molecule has 2 amide bonds. The molecule has 0 saturated heterocycles. The molecule has 2 unspecified atom stereocenters. The number of nitrogens with zero attached hydrogens (tertiary/aromatic N) is 4. The molecule has 1 N–H and O–H groups in total. The van der Waals surface area contributed by atoms with Gasteiger partial charge in [-0.2, -0.15) is 0 Å². The monoisotopic (exact) mass is 545 g/mol. The minimum atomic E-state index is -0.686. The summed E-state index contributed by atoms with van der Waals surface area (Å²) in [5.74, 6) is 0.900. The van der Waals surface area contributed by atoms with Crippen molar-refractivity contribution in [1.29, 1.82) is 0 Å². The van der Waals surface area contributed by atoms with E-state index in [0.717, 1.165) is 29.8 Å². The Kier molecular flexibility index (Phi) is 8.41. The number of nitrogens with one attached hydrogen (secondary N) is 1. The maximum Gasteiger partial charge on any atom is 0.247 e. The zero-order valence-electron chi connectivity index (χ0n) is 22.0. The highest BCUT2D eigenvalue weighted by molar-refractivity contribution is 7.99. The van der Waals surface area contributed by atoms with E-state index >= 15 is 0 Å². The molecule has 3 heterocycles. The zero-order chi connectivity index (χ0) is 27.2. The first-order valence-electron chi connectivity index (χ1n) is 13.0. The van der Waals surface area contributed by atoms with E-state index in [4.69, 9.17) is 9.47 Å². The summed E-state index contributed by atoms with van der Waals surface area (Å²) in [4.78, 5) is 42.7. The molecule has 0 bridgehead atoms. The second-order valence-corrected chi connectivity index (χ2v) is 10.6. The second-order valence-electron chi connectivity index (χ2n) is 9.65. The van der Waals surface area contributed by atoms with Gasteiger partial charge in [0.1, 0.15) is 6.04 Å². The Morgan fingerprint density at radius 1 is 1.10 bits per heavy atom. The summed E-state index contributed by atoms with van der Waals surface area (Å²) in [5.41, 5.74) is 3.14. The molecular weight excluding hydrogens is 514 g/mol. The molecule has 1 aliphatic heterocycles. The van der Waals surface area contributed by atoms with Crippen molar-refractivity contribution >= 4 is 29.3 Å². The fourth-order valence-corrected chi connectivity index (χ4v) is 5.74. The van der Waals surface area contributed by atoms with Crippen LogP contribution in [0.1, 0.15) is 36.2 Å². The van der Waals surface area contributed by atoms with E-state index in [1.54, 1.807) is 35.5 Å². The number of benzene rings is 1. The maximum atomic E-state index is 14.0. The molecule has 39 heavy (non-hydrogen) atoms. The summed E-state index contributed by atoms with van der Waals surface area (Å²) in [5, 5.41) is 3.58. The fraction of sp³-hybridized carbons (Fsp3) is 0.345. The number of hydrogen-bond acceptors (Lipinski definition) is 8. The average molecular weight is 546 g/mol. The number of rotatable bonds is 9. The van der Waals surface area contributed by atoms with Crippen molar-refractivity contribution < 1.29 is 19.1 Å². The molecule has 9 nitrogen and oxygen atoms in total. The van der Waals surface area contributed by atoms with Crippen molar-refractivity contribution in [2.24, 2.45) is 5.92 Å². The lowest BCUT2D eigenvalue weighted by Crippen LogP contribution is -2.51. The molecule has 0 fully saturated rings. The molecule has 0 radical (unpaired) electrons. The van der Waals surface area contributed by atoms with Gasteiger partial charge in [0.2, 0.25) is 18.6 Å². The quantitative estimate of drug-likeness (QED) is 0.234. The Morgan fingerprint density at radius 2 is 1.92 bits per heavy atom. The third kappa shape index (κ3) is 6.75. The molecule has 2 aromatic heterocycles. The summed E-state index contributed by atoms with van der Waals surface area (Å²) < 4.78 is 10.9. The number of fused-ring (bicyclic) bond motifs is 1. The van der Waals surface area contributed by atoms with E-state index in [2.05, 4.69) is 32.4 Å². The van der Waals surface area contributed by atoms with Crippen LogP contribution in [-0.4, -0.2) is 50.3 Å². The van der Waals surface area contributed by atoms with Crippen molar-refractivity contribution in [2.45, 2.75) is 50.9 Å². The number of aryl methyl sites for hydroxylation is 2. The summed E-state index contributed by atoms with van der Waals surface area (Å²) in [7, 11) is 0. The molecule has 10 heteroatoms. The molecule has 0 spiro atoms. The van der Waals surface area contributed by atoms with Gasteiger partial charge in [-0.25, -0.2) is 9.97 Å². The van der Waals surface area contributed by atoms with Crippen LogP contribution in [0.3, 0.4) is 0 Å². The third-order valence-electron chi connectivity index (χ3n) is 6.68. The Bertz CT molecular complexity index is 1350. The van der Waals surface area contributed by atoms with Gasteiger partial charge in [0.05, 0.1) is 5.75 Å². The van der Waals surface area contributed by atoms with Crippen molar-refractivity contribution in [3.05, 3.63) is 77.9 Å². The van der Waals surface area contributed by atoms with E-state index in [1.165, 1.54) is 11.8 Å². The number of amides is 2. The van der Waals surface area contributed by atoms with Crippen LogP contribution in [-0.2, 0) is 16.1 Å². The predicted molar refractivity (Wildman–Crippen MR) is 148 cm³/mol. The van der Waals surface area contributed by atoms with Crippen molar-refractivity contribution in [2.75, 3.05) is 17.9 Å². The van der Waals surface area contributed by atoms with Gasteiger partial charge in [-0.1, -0.05) is 30.0 Å². The van der Waals surface area contributed by atoms with Gasteiger partial charge >= 0.3 is 0 Å². The number of anilines is 1. The summed E-state index contributed by atoms with van der Waals surface area (Å²) >= 11 is 1.28. The molecule has 202 valence electrons. The first-order valence-corrected chi connectivity index (χ1v) is 13.9. The Morgan fingerprint density at radius 3 is 2.67 bits per heavy atom. The molecule has 2 atom stereocenters. The number of allylic oxidation sites excluding steroid dienone is 2. The smallest absolute Gasteiger partial charge is 0.247 e. The lowest BCUT2D eigenvalue weighted by atomic mass is 9.86. The number of thioether (sulfide) groups is 1. The molecular formula is C29H31N5O4S. The van der Waals surface area contributed by atoms with Crippen LogP contribution in [0.4, 0.5) is 5.69 Å². The van der Waals surface area contributed by atoms with Gasteiger partial charge in [-0.05, 0) is 68.9 Å². The highest BCUT2D eigenvalue weighted by Crippen LogP contribution is 2.35. The van der Waals surface area contributed by atoms with Gasteiger partial charge in [-0.3, -0.25) is 14.6 Å². The molecule has 1 aromatic carbocycles. The molecule has 3 aromatic rings. The lowest BCUT2D eigenvalue weighted by molar-refractivity contribution is -0.139. The van der Waals surface area contributed by atoms with Gasteiger partial charge < -0.3 is 19.7 Å². The van der Waals surface area contributed by atoms with E-state index in [0.29, 0.717) is 28.8 Å². The highest BCUT2D eigenvalue weighted by Gasteiger charge is 2.37. The summed E-state index contributed by atoms with van der Waals surface area (Å²) in [6.07, 6.45) is 10.0. The number of carbonyl (C=O) groups is 2. The molecule has 2 aliphatic rings. The fourth-order valence-electron chi connectivity index (χ4n) is 4.90. The van der Waals surface area contributed by atoms with E-state index in [1.807, 2.05) is 32.0 Å². The van der Waals surface area contributed by atoms with E-state index in [-0.39, 0.29) is 36.8 Å². The average Bonchev–Trinajstić information content (AvgIpc) is 3.40. The van der Waals surface area contributed by atoms with Crippen LogP contribution in [0.5, 0.6) is 11.5 Å². The largest absolute Gasteiger partial charge is 0.454 e. The Balaban J connectivity index is 1.43. The molecule has 5 rings (SSSR count). The minimum absolute atomic E-state index is 0.0351. The SMILES string of the molecule is Cc1cc(C)nc(SCC(=O)N(Cc2cccnc2)C(C(=O)Nc2ccc3c(c2)OCO3)C2CC=CCC2)n1. The Hall–Kier alpha value is -3.92. The number of carbonyl (C=O) groups excluding carboxylic acids is 2. The molecule has 0 saturated carbocycles. The van der Waals surface area contributed by atoms with Crippen molar-refractivity contribution in [3.8, 4) is 11.5 Å². The standard InChI is InChI=1S/C29H31N5O4S/c1-19-13-20(2)32-29(31-19)39-17-26(35)34(16-21-7-6-12-30-15-21)27(22-8-4-3-5-9-22)28(36)33-23-10-11-24-25(14-23)38-18-37-24/h3-4,6-7,10-15,22,27H,5,8-9,16-18H2,1-2H3,(H,33,36). The number of ether oxygens (including phenoxy) is 2. The van der Waals surface area contributed by atoms with Crippen LogP contribution < -0.4 is 14.8 Å². The van der Waals surface area contributed by atoms with Crippen LogP contribution in [0.2, 0.25) is 0 Å². The van der Waals surface area contributed by atoms with Crippen LogP contribution >= 0.6 is 11.8 Å².